The average Bonchev–Trinajstić information content (AvgIpc) is 3.10. The maximum atomic E-state index is 13.3. The summed E-state index contributed by atoms with van der Waals surface area (Å²) < 4.78 is 5.54. The first-order valence-corrected chi connectivity index (χ1v) is 11.6. The fourth-order valence-electron chi connectivity index (χ4n) is 4.08. The SMILES string of the molecule is CCOc1cc(/C(O)=C2/C(=O)C(=O)N(Cc3ccccn3)C2c2ccc(N(C)C)cc2)ccc1Cl. The van der Waals surface area contributed by atoms with Crippen LogP contribution in [0.1, 0.15) is 29.8 Å². The lowest BCUT2D eigenvalue weighted by atomic mass is 9.95. The summed E-state index contributed by atoms with van der Waals surface area (Å²) in [5.74, 6) is -1.36. The van der Waals surface area contributed by atoms with E-state index in [4.69, 9.17) is 16.3 Å². The van der Waals surface area contributed by atoms with Crippen LogP contribution in [-0.2, 0) is 16.1 Å². The highest BCUT2D eigenvalue weighted by atomic mass is 35.5. The van der Waals surface area contributed by atoms with Gasteiger partial charge in [0.1, 0.15) is 11.5 Å². The second kappa shape index (κ2) is 10.2. The van der Waals surface area contributed by atoms with E-state index in [0.29, 0.717) is 34.2 Å². The van der Waals surface area contributed by atoms with Crippen molar-refractivity contribution in [2.45, 2.75) is 19.5 Å². The highest BCUT2D eigenvalue weighted by Gasteiger charge is 2.46. The Balaban J connectivity index is 1.85. The number of carbonyl (C=O) groups excluding carboxylic acids is 2. The van der Waals surface area contributed by atoms with Crippen molar-refractivity contribution in [3.05, 3.63) is 94.3 Å². The van der Waals surface area contributed by atoms with Gasteiger partial charge in [-0.1, -0.05) is 29.8 Å². The Kier molecular flexibility index (Phi) is 7.07. The molecule has 2 heterocycles. The molecule has 1 aliphatic rings. The monoisotopic (exact) mass is 491 g/mol. The zero-order valence-electron chi connectivity index (χ0n) is 19.7. The number of aromatic nitrogens is 1. The number of likely N-dealkylation sites (tertiary alicyclic amines) is 1. The Labute approximate surface area is 209 Å². The predicted molar refractivity (Wildman–Crippen MR) is 135 cm³/mol. The molecule has 1 atom stereocenters. The van der Waals surface area contributed by atoms with Crippen LogP contribution in [0.25, 0.3) is 5.76 Å². The molecule has 35 heavy (non-hydrogen) atoms. The second-order valence-corrected chi connectivity index (χ2v) is 8.72. The van der Waals surface area contributed by atoms with E-state index in [1.165, 1.54) is 4.90 Å². The summed E-state index contributed by atoms with van der Waals surface area (Å²) >= 11 is 6.21. The number of rotatable bonds is 7. The zero-order chi connectivity index (χ0) is 25.1. The number of ether oxygens (including phenoxy) is 1. The topological polar surface area (TPSA) is 83.0 Å². The smallest absolute Gasteiger partial charge is 0.296 e. The summed E-state index contributed by atoms with van der Waals surface area (Å²) in [5, 5.41) is 11.7. The van der Waals surface area contributed by atoms with E-state index < -0.39 is 17.7 Å². The normalized spacial score (nSPS) is 17.0. The predicted octanol–water partition coefficient (Wildman–Crippen LogP) is 4.82. The molecule has 4 rings (SSSR count). The third-order valence-corrected chi connectivity index (χ3v) is 6.14. The molecule has 1 amide bonds. The van der Waals surface area contributed by atoms with Gasteiger partial charge >= 0.3 is 0 Å². The van der Waals surface area contributed by atoms with Crippen LogP contribution in [0.15, 0.2) is 72.4 Å². The molecular weight excluding hydrogens is 466 g/mol. The number of amides is 1. The van der Waals surface area contributed by atoms with Crippen molar-refractivity contribution in [1.29, 1.82) is 0 Å². The molecule has 0 radical (unpaired) electrons. The number of pyridine rings is 1. The van der Waals surface area contributed by atoms with Gasteiger partial charge in [-0.2, -0.15) is 0 Å². The number of carbonyl (C=O) groups is 2. The maximum absolute atomic E-state index is 13.3. The fraction of sp³-hybridized carbons (Fsp3) is 0.222. The first-order valence-electron chi connectivity index (χ1n) is 11.2. The Bertz CT molecular complexity index is 1270. The number of aliphatic hydroxyl groups is 1. The molecule has 8 heteroatoms. The van der Waals surface area contributed by atoms with Gasteiger partial charge in [0.25, 0.3) is 11.7 Å². The van der Waals surface area contributed by atoms with Gasteiger partial charge in [-0.25, -0.2) is 0 Å². The number of Topliss-reactive ketones (excluding diaryl/α,β-unsaturated/α-hetero) is 1. The van der Waals surface area contributed by atoms with E-state index in [1.54, 1.807) is 36.5 Å². The zero-order valence-corrected chi connectivity index (χ0v) is 20.5. The van der Waals surface area contributed by atoms with E-state index in [2.05, 4.69) is 4.98 Å². The van der Waals surface area contributed by atoms with E-state index in [1.807, 2.05) is 56.3 Å². The summed E-state index contributed by atoms with van der Waals surface area (Å²) in [6.45, 7) is 2.33. The second-order valence-electron chi connectivity index (χ2n) is 8.31. The van der Waals surface area contributed by atoms with Crippen LogP contribution < -0.4 is 9.64 Å². The molecule has 0 spiro atoms. The number of aliphatic hydroxyl groups excluding tert-OH is 1. The van der Waals surface area contributed by atoms with Gasteiger partial charge in [-0.3, -0.25) is 14.6 Å². The minimum Gasteiger partial charge on any atom is -0.507 e. The van der Waals surface area contributed by atoms with Crippen molar-refractivity contribution in [3.63, 3.8) is 0 Å². The van der Waals surface area contributed by atoms with E-state index in [0.717, 1.165) is 5.69 Å². The molecule has 2 aromatic carbocycles. The molecule has 1 fully saturated rings. The van der Waals surface area contributed by atoms with Gasteiger partial charge in [0, 0.05) is 31.5 Å². The molecule has 1 aromatic heterocycles. The van der Waals surface area contributed by atoms with Crippen molar-refractivity contribution in [1.82, 2.24) is 9.88 Å². The number of halogens is 1. The molecule has 1 unspecified atom stereocenters. The summed E-state index contributed by atoms with van der Waals surface area (Å²) in [5.41, 5.74) is 2.65. The first-order chi connectivity index (χ1) is 16.8. The Morgan fingerprint density at radius 1 is 1.11 bits per heavy atom. The van der Waals surface area contributed by atoms with Crippen molar-refractivity contribution in [2.75, 3.05) is 25.6 Å². The highest BCUT2D eigenvalue weighted by Crippen LogP contribution is 2.41. The van der Waals surface area contributed by atoms with Crippen LogP contribution in [0.5, 0.6) is 5.75 Å². The van der Waals surface area contributed by atoms with Crippen LogP contribution in [0.3, 0.4) is 0 Å². The largest absolute Gasteiger partial charge is 0.507 e. The Morgan fingerprint density at radius 3 is 2.49 bits per heavy atom. The van der Waals surface area contributed by atoms with Gasteiger partial charge in [-0.15, -0.1) is 0 Å². The number of anilines is 1. The maximum Gasteiger partial charge on any atom is 0.296 e. The van der Waals surface area contributed by atoms with Crippen molar-refractivity contribution in [2.24, 2.45) is 0 Å². The van der Waals surface area contributed by atoms with E-state index in [-0.39, 0.29) is 17.9 Å². The number of ketones is 1. The number of benzene rings is 2. The van der Waals surface area contributed by atoms with E-state index >= 15 is 0 Å². The number of hydrogen-bond donors (Lipinski definition) is 1. The summed E-state index contributed by atoms with van der Waals surface area (Å²) in [6.07, 6.45) is 1.63. The molecule has 3 aromatic rings. The third kappa shape index (κ3) is 4.86. The minimum absolute atomic E-state index is 0.00769. The van der Waals surface area contributed by atoms with Crippen LogP contribution in [0.2, 0.25) is 5.02 Å². The molecule has 0 bridgehead atoms. The molecule has 1 N–H and O–H groups in total. The first kappa shape index (κ1) is 24.3. The van der Waals surface area contributed by atoms with Gasteiger partial charge in [0.05, 0.1) is 35.5 Å². The number of hydrogen-bond acceptors (Lipinski definition) is 6. The van der Waals surface area contributed by atoms with Crippen LogP contribution in [0.4, 0.5) is 5.69 Å². The van der Waals surface area contributed by atoms with E-state index in [9.17, 15) is 14.7 Å². The minimum atomic E-state index is -0.792. The standard InChI is InChI=1S/C27H26ClN3O4/c1-4-35-22-15-18(10-13-21(22)28)25(32)23-24(17-8-11-20(12-9-17)30(2)3)31(27(34)26(23)33)16-19-7-5-6-14-29-19/h5-15,24,32H,4,16H2,1-3H3/b25-23-. The lowest BCUT2D eigenvalue weighted by Crippen LogP contribution is -2.29. The summed E-state index contributed by atoms with van der Waals surface area (Å²) in [7, 11) is 3.86. The summed E-state index contributed by atoms with van der Waals surface area (Å²) in [4.78, 5) is 34.2. The Morgan fingerprint density at radius 2 is 1.86 bits per heavy atom. The van der Waals surface area contributed by atoms with Gasteiger partial charge in [0.2, 0.25) is 0 Å². The molecular formula is C27H26ClN3O4. The lowest BCUT2D eigenvalue weighted by Gasteiger charge is -2.25. The highest BCUT2D eigenvalue weighted by molar-refractivity contribution is 6.46. The molecule has 0 aliphatic carbocycles. The van der Waals surface area contributed by atoms with Gasteiger partial charge in [-0.05, 0) is 55.0 Å². The van der Waals surface area contributed by atoms with Gasteiger partial charge < -0.3 is 19.6 Å². The van der Waals surface area contributed by atoms with Crippen LogP contribution >= 0.6 is 11.6 Å². The molecule has 7 nitrogen and oxygen atoms in total. The average molecular weight is 492 g/mol. The van der Waals surface area contributed by atoms with Crippen molar-refractivity contribution in [3.8, 4) is 5.75 Å². The van der Waals surface area contributed by atoms with Crippen molar-refractivity contribution >= 4 is 34.7 Å². The molecule has 180 valence electrons. The third-order valence-electron chi connectivity index (χ3n) is 5.83. The summed E-state index contributed by atoms with van der Waals surface area (Å²) in [6, 6.07) is 16.9. The van der Waals surface area contributed by atoms with Crippen molar-refractivity contribution < 1.29 is 19.4 Å². The molecule has 1 aliphatic heterocycles. The van der Waals surface area contributed by atoms with Gasteiger partial charge in [0.15, 0.2) is 0 Å². The quantitative estimate of drug-likeness (QED) is 0.290. The van der Waals surface area contributed by atoms with Crippen LogP contribution in [-0.4, -0.2) is 47.4 Å². The molecule has 0 saturated carbocycles. The fourth-order valence-corrected chi connectivity index (χ4v) is 4.25. The Hall–Kier alpha value is -3.84. The number of nitrogens with zero attached hydrogens (tertiary/aromatic N) is 3. The molecule has 1 saturated heterocycles. The van der Waals surface area contributed by atoms with Crippen LogP contribution in [0, 0.1) is 0 Å². The lowest BCUT2D eigenvalue weighted by molar-refractivity contribution is -0.140.